The highest BCUT2D eigenvalue weighted by Crippen LogP contribution is 2.80. The fourth-order valence-corrected chi connectivity index (χ4v) is 7.71. The normalized spacial score (nSPS) is 33.7. The van der Waals surface area contributed by atoms with Crippen molar-refractivity contribution in [2.75, 3.05) is 13.1 Å². The third kappa shape index (κ3) is 2.66. The van der Waals surface area contributed by atoms with Gasteiger partial charge in [-0.05, 0) is 67.6 Å². The van der Waals surface area contributed by atoms with Crippen molar-refractivity contribution in [2.24, 2.45) is 34.1 Å². The molecule has 0 aromatic heterocycles. The van der Waals surface area contributed by atoms with Gasteiger partial charge in [0.2, 0.25) is 17.7 Å². The summed E-state index contributed by atoms with van der Waals surface area (Å²) in [6.07, 6.45) is 9.46. The summed E-state index contributed by atoms with van der Waals surface area (Å²) in [6.45, 7) is 1.61. The second kappa shape index (κ2) is 7.44. The number of nitrogens with zero attached hydrogens (tertiary/aromatic N) is 1. The summed E-state index contributed by atoms with van der Waals surface area (Å²) in [5.41, 5.74) is 10.7. The average molecular weight is 500 g/mol. The molecule has 2 bridgehead atoms. The van der Waals surface area contributed by atoms with Crippen molar-refractivity contribution in [1.29, 1.82) is 0 Å². The molecule has 1 aromatic rings. The van der Waals surface area contributed by atoms with Crippen LogP contribution < -0.4 is 11.5 Å². The molecule has 6 nitrogen and oxygen atoms in total. The Balaban J connectivity index is 1.57. The number of rotatable bonds is 7. The molecule has 2 saturated carbocycles. The Labute approximate surface area is 196 Å². The Morgan fingerprint density at radius 2 is 1.59 bits per heavy atom. The van der Waals surface area contributed by atoms with E-state index >= 15 is 0 Å². The first-order valence-electron chi connectivity index (χ1n) is 11.6. The molecule has 3 amide bonds. The highest BCUT2D eigenvalue weighted by atomic mass is 79.9. The molecule has 170 valence electrons. The summed E-state index contributed by atoms with van der Waals surface area (Å²) in [7, 11) is 0. The van der Waals surface area contributed by atoms with Crippen LogP contribution in [0.25, 0.3) is 0 Å². The molecular formula is C25H30BrN3O3. The average Bonchev–Trinajstić information content (AvgIpc) is 3.12. The Morgan fingerprint density at radius 1 is 0.969 bits per heavy atom. The number of amides is 3. The first kappa shape index (κ1) is 21.7. The molecule has 1 spiro atoms. The lowest BCUT2D eigenvalue weighted by Crippen LogP contribution is -2.62. The van der Waals surface area contributed by atoms with Gasteiger partial charge in [0.05, 0.1) is 10.8 Å². The van der Waals surface area contributed by atoms with Gasteiger partial charge >= 0.3 is 0 Å². The van der Waals surface area contributed by atoms with E-state index in [0.29, 0.717) is 19.3 Å². The Hall–Kier alpha value is -2.15. The molecule has 1 heterocycles. The van der Waals surface area contributed by atoms with Crippen LogP contribution in [0, 0.1) is 22.7 Å². The minimum absolute atomic E-state index is 0.121. The summed E-state index contributed by atoms with van der Waals surface area (Å²) in [5, 5.41) is 0. The molecule has 3 aliphatic carbocycles. The van der Waals surface area contributed by atoms with Crippen LogP contribution >= 0.6 is 15.9 Å². The van der Waals surface area contributed by atoms with E-state index in [1.165, 1.54) is 0 Å². The summed E-state index contributed by atoms with van der Waals surface area (Å²) in [6, 6.07) is 7.56. The number of nitrogens with two attached hydrogens (primary N) is 2. The van der Waals surface area contributed by atoms with E-state index < -0.39 is 22.6 Å². The maximum atomic E-state index is 13.4. The predicted molar refractivity (Wildman–Crippen MR) is 124 cm³/mol. The van der Waals surface area contributed by atoms with E-state index in [1.54, 1.807) is 0 Å². The molecule has 1 aromatic carbocycles. The largest absolute Gasteiger partial charge is 0.369 e. The smallest absolute Gasteiger partial charge is 0.229 e. The zero-order valence-electron chi connectivity index (χ0n) is 18.2. The third-order valence-corrected chi connectivity index (χ3v) is 9.34. The molecule has 5 rings (SSSR count). The van der Waals surface area contributed by atoms with Gasteiger partial charge in [-0.1, -0.05) is 40.2 Å². The number of carbonyl (C=O) groups excluding carboxylic acids is 3. The second-order valence-electron chi connectivity index (χ2n) is 10.0. The van der Waals surface area contributed by atoms with E-state index in [9.17, 15) is 14.4 Å². The molecule has 1 aliphatic heterocycles. The first-order chi connectivity index (χ1) is 15.3. The van der Waals surface area contributed by atoms with Crippen molar-refractivity contribution >= 4 is 33.7 Å². The SMILES string of the molecule is NC(=O)[C@]1(CCCC(=O)N2CCCC2)[C@@H]2C=C[C@@H](C23CC3)[C@@]1(C(N)=O)c1ccc(Br)cc1. The molecule has 7 heteroatoms. The second-order valence-corrected chi connectivity index (χ2v) is 10.9. The maximum absolute atomic E-state index is 13.4. The quantitative estimate of drug-likeness (QED) is 0.562. The number of carbonyl (C=O) groups is 3. The van der Waals surface area contributed by atoms with E-state index in [2.05, 4.69) is 28.1 Å². The number of benzene rings is 1. The topological polar surface area (TPSA) is 106 Å². The lowest BCUT2D eigenvalue weighted by atomic mass is 9.52. The Bertz CT molecular complexity index is 996. The van der Waals surface area contributed by atoms with Crippen LogP contribution in [0.4, 0.5) is 0 Å². The van der Waals surface area contributed by atoms with Crippen molar-refractivity contribution in [3.8, 4) is 0 Å². The molecule has 4 N–H and O–H groups in total. The number of likely N-dealkylation sites (tertiary alicyclic amines) is 1. The summed E-state index contributed by atoms with van der Waals surface area (Å²) in [5.74, 6) is -1.13. The standard InChI is InChI=1S/C25H30BrN3O3/c26-17-7-5-16(6-8-17)25(22(28)32)19-10-9-18(23(19)12-13-23)24(25,21(27)31)11-3-4-20(30)29-14-1-2-15-29/h5-10,18-19H,1-4,11-15H2,(H2,27,31)(H2,28,32)/t18-,19+,24+,25-/m1/s1. The van der Waals surface area contributed by atoms with Gasteiger partial charge in [-0.2, -0.15) is 0 Å². The van der Waals surface area contributed by atoms with Crippen molar-refractivity contribution in [1.82, 2.24) is 4.90 Å². The summed E-state index contributed by atoms with van der Waals surface area (Å²) in [4.78, 5) is 41.4. The van der Waals surface area contributed by atoms with Gasteiger partial charge in [0.25, 0.3) is 0 Å². The zero-order chi connectivity index (χ0) is 22.7. The van der Waals surface area contributed by atoms with Gasteiger partial charge in [0.1, 0.15) is 0 Å². The van der Waals surface area contributed by atoms with Crippen LogP contribution in [-0.2, 0) is 19.8 Å². The Morgan fingerprint density at radius 3 is 2.16 bits per heavy atom. The van der Waals surface area contributed by atoms with Gasteiger partial charge in [0.15, 0.2) is 0 Å². The fourth-order valence-electron chi connectivity index (χ4n) is 7.45. The molecule has 0 radical (unpaired) electrons. The fraction of sp³-hybridized carbons (Fsp3) is 0.560. The summed E-state index contributed by atoms with van der Waals surface area (Å²) >= 11 is 3.47. The van der Waals surface area contributed by atoms with Crippen molar-refractivity contribution < 1.29 is 14.4 Å². The lowest BCUT2D eigenvalue weighted by molar-refractivity contribution is -0.144. The van der Waals surface area contributed by atoms with Gasteiger partial charge in [0, 0.05) is 29.9 Å². The first-order valence-corrected chi connectivity index (χ1v) is 12.4. The molecular weight excluding hydrogens is 470 g/mol. The van der Waals surface area contributed by atoms with Crippen LogP contribution in [0.2, 0.25) is 0 Å². The van der Waals surface area contributed by atoms with Crippen molar-refractivity contribution in [2.45, 2.75) is 50.4 Å². The van der Waals surface area contributed by atoms with Crippen LogP contribution in [0.3, 0.4) is 0 Å². The molecule has 3 fully saturated rings. The van der Waals surface area contributed by atoms with Crippen LogP contribution in [-0.4, -0.2) is 35.7 Å². The van der Waals surface area contributed by atoms with Gasteiger partial charge in [-0.25, -0.2) is 0 Å². The van der Waals surface area contributed by atoms with Gasteiger partial charge in [-0.15, -0.1) is 0 Å². The monoisotopic (exact) mass is 499 g/mol. The van der Waals surface area contributed by atoms with Crippen LogP contribution in [0.1, 0.15) is 50.5 Å². The minimum Gasteiger partial charge on any atom is -0.369 e. The Kier molecular flexibility index (Phi) is 5.04. The van der Waals surface area contributed by atoms with Crippen LogP contribution in [0.15, 0.2) is 40.9 Å². The van der Waals surface area contributed by atoms with E-state index in [1.807, 2.05) is 29.2 Å². The molecule has 4 aliphatic rings. The number of allylic oxidation sites excluding steroid dienone is 2. The van der Waals surface area contributed by atoms with Crippen molar-refractivity contribution in [3.05, 3.63) is 46.5 Å². The minimum atomic E-state index is -1.20. The lowest BCUT2D eigenvalue weighted by Gasteiger charge is -2.48. The molecule has 0 unspecified atom stereocenters. The molecule has 4 atom stereocenters. The highest BCUT2D eigenvalue weighted by Gasteiger charge is 2.82. The zero-order valence-corrected chi connectivity index (χ0v) is 19.8. The highest BCUT2D eigenvalue weighted by molar-refractivity contribution is 9.10. The van der Waals surface area contributed by atoms with E-state index in [4.69, 9.17) is 11.5 Å². The van der Waals surface area contributed by atoms with Gasteiger partial charge < -0.3 is 16.4 Å². The number of hydrogen-bond donors (Lipinski definition) is 2. The maximum Gasteiger partial charge on any atom is 0.229 e. The molecule has 32 heavy (non-hydrogen) atoms. The van der Waals surface area contributed by atoms with Crippen LogP contribution in [0.5, 0.6) is 0 Å². The predicted octanol–water partition coefficient (Wildman–Crippen LogP) is 3.03. The number of halogens is 1. The van der Waals surface area contributed by atoms with E-state index in [0.717, 1.165) is 48.8 Å². The third-order valence-electron chi connectivity index (χ3n) is 8.81. The van der Waals surface area contributed by atoms with Crippen molar-refractivity contribution in [3.63, 3.8) is 0 Å². The van der Waals surface area contributed by atoms with Gasteiger partial charge in [-0.3, -0.25) is 14.4 Å². The molecule has 1 saturated heterocycles. The summed E-state index contributed by atoms with van der Waals surface area (Å²) < 4.78 is 0.890. The van der Waals surface area contributed by atoms with E-state index in [-0.39, 0.29) is 23.2 Å². The number of primary amides is 2. The number of hydrogen-bond acceptors (Lipinski definition) is 3.